The summed E-state index contributed by atoms with van der Waals surface area (Å²) >= 11 is 5.97. The Bertz CT molecular complexity index is 607. The summed E-state index contributed by atoms with van der Waals surface area (Å²) in [6.45, 7) is 3.22. The predicted octanol–water partition coefficient (Wildman–Crippen LogP) is 4.22. The summed E-state index contributed by atoms with van der Waals surface area (Å²) in [5, 5.41) is 0.724. The van der Waals surface area contributed by atoms with E-state index >= 15 is 0 Å². The van der Waals surface area contributed by atoms with Crippen LogP contribution >= 0.6 is 11.6 Å². The smallest absolute Gasteiger partial charge is 0.176 e. The Balaban J connectivity index is 1.95. The van der Waals surface area contributed by atoms with Crippen molar-refractivity contribution in [1.29, 1.82) is 0 Å². The summed E-state index contributed by atoms with van der Waals surface area (Å²) in [7, 11) is 1.94. The molecule has 3 heteroatoms. The van der Waals surface area contributed by atoms with E-state index in [2.05, 4.69) is 6.92 Å². The molecule has 0 fully saturated rings. The van der Waals surface area contributed by atoms with Crippen LogP contribution in [0.1, 0.15) is 28.4 Å². The maximum atomic E-state index is 12.2. The summed E-state index contributed by atoms with van der Waals surface area (Å²) < 4.78 is 0. The molecule has 2 aromatic rings. The molecule has 0 aliphatic heterocycles. The SMILES string of the molecule is CCc1ccc(C(=O)CN(C)Cc2cccc(Cl)c2)cc1. The molecule has 0 saturated heterocycles. The minimum absolute atomic E-state index is 0.141. The lowest BCUT2D eigenvalue weighted by Crippen LogP contribution is -2.25. The molecular formula is C18H20ClNO. The van der Waals surface area contributed by atoms with E-state index in [1.807, 2.05) is 60.5 Å². The van der Waals surface area contributed by atoms with E-state index in [1.54, 1.807) is 0 Å². The quantitative estimate of drug-likeness (QED) is 0.745. The number of hydrogen-bond donors (Lipinski definition) is 0. The second kappa shape index (κ2) is 7.39. The van der Waals surface area contributed by atoms with Gasteiger partial charge in [-0.2, -0.15) is 0 Å². The molecule has 0 bridgehead atoms. The van der Waals surface area contributed by atoms with Crippen LogP contribution in [0, 0.1) is 0 Å². The van der Waals surface area contributed by atoms with E-state index in [-0.39, 0.29) is 5.78 Å². The third kappa shape index (κ3) is 4.69. The first kappa shape index (κ1) is 15.7. The second-order valence-electron chi connectivity index (χ2n) is 5.28. The highest BCUT2D eigenvalue weighted by Crippen LogP contribution is 2.13. The van der Waals surface area contributed by atoms with Crippen LogP contribution in [0.2, 0.25) is 5.02 Å². The summed E-state index contributed by atoms with van der Waals surface area (Å²) in [4.78, 5) is 14.2. The van der Waals surface area contributed by atoms with Gasteiger partial charge in [-0.1, -0.05) is 54.9 Å². The number of benzene rings is 2. The van der Waals surface area contributed by atoms with E-state index in [1.165, 1.54) is 5.56 Å². The highest BCUT2D eigenvalue weighted by Gasteiger charge is 2.10. The fourth-order valence-electron chi connectivity index (χ4n) is 2.27. The van der Waals surface area contributed by atoms with E-state index < -0.39 is 0 Å². The van der Waals surface area contributed by atoms with Crippen LogP contribution in [0.25, 0.3) is 0 Å². The number of rotatable bonds is 6. The zero-order chi connectivity index (χ0) is 15.2. The molecule has 0 radical (unpaired) electrons. The average Bonchev–Trinajstić information content (AvgIpc) is 2.47. The third-order valence-electron chi connectivity index (χ3n) is 3.44. The van der Waals surface area contributed by atoms with Crippen molar-refractivity contribution in [2.45, 2.75) is 19.9 Å². The molecule has 21 heavy (non-hydrogen) atoms. The number of nitrogens with zero attached hydrogens (tertiary/aromatic N) is 1. The molecule has 0 atom stereocenters. The molecule has 0 N–H and O–H groups in total. The molecule has 0 spiro atoms. The number of likely N-dealkylation sites (N-methyl/N-ethyl adjacent to an activating group) is 1. The van der Waals surface area contributed by atoms with Crippen molar-refractivity contribution in [2.24, 2.45) is 0 Å². The number of ketones is 1. The Labute approximate surface area is 131 Å². The van der Waals surface area contributed by atoms with Gasteiger partial charge in [0.15, 0.2) is 5.78 Å². The van der Waals surface area contributed by atoms with Crippen molar-refractivity contribution in [1.82, 2.24) is 4.90 Å². The van der Waals surface area contributed by atoms with Gasteiger partial charge in [0.2, 0.25) is 0 Å². The fourth-order valence-corrected chi connectivity index (χ4v) is 2.48. The van der Waals surface area contributed by atoms with Crippen LogP contribution in [0.5, 0.6) is 0 Å². The molecule has 110 valence electrons. The predicted molar refractivity (Wildman–Crippen MR) is 87.9 cm³/mol. The van der Waals surface area contributed by atoms with Crippen molar-refractivity contribution < 1.29 is 4.79 Å². The molecule has 2 rings (SSSR count). The molecular weight excluding hydrogens is 282 g/mol. The van der Waals surface area contributed by atoms with Crippen molar-refractivity contribution in [3.63, 3.8) is 0 Å². The molecule has 0 aliphatic rings. The maximum Gasteiger partial charge on any atom is 0.176 e. The van der Waals surface area contributed by atoms with Gasteiger partial charge in [-0.3, -0.25) is 9.69 Å². The molecule has 0 amide bonds. The fraction of sp³-hybridized carbons (Fsp3) is 0.278. The number of hydrogen-bond acceptors (Lipinski definition) is 2. The Hall–Kier alpha value is -1.64. The van der Waals surface area contributed by atoms with E-state index in [9.17, 15) is 4.79 Å². The lowest BCUT2D eigenvalue weighted by Gasteiger charge is -2.16. The van der Waals surface area contributed by atoms with Gasteiger partial charge < -0.3 is 0 Å². The Morgan fingerprint density at radius 2 is 1.81 bits per heavy atom. The number of carbonyl (C=O) groups excluding carboxylic acids is 1. The molecule has 0 unspecified atom stereocenters. The number of aryl methyl sites for hydroxylation is 1. The lowest BCUT2D eigenvalue weighted by molar-refractivity contribution is 0.0943. The van der Waals surface area contributed by atoms with Crippen molar-refractivity contribution in [2.75, 3.05) is 13.6 Å². The largest absolute Gasteiger partial charge is 0.295 e. The lowest BCUT2D eigenvalue weighted by atomic mass is 10.1. The standard InChI is InChI=1S/C18H20ClNO/c1-3-14-7-9-16(10-8-14)18(21)13-20(2)12-15-5-4-6-17(19)11-15/h4-11H,3,12-13H2,1-2H3. The van der Waals surface area contributed by atoms with Crippen LogP contribution in [-0.2, 0) is 13.0 Å². The van der Waals surface area contributed by atoms with Crippen molar-refractivity contribution >= 4 is 17.4 Å². The molecule has 2 aromatic carbocycles. The zero-order valence-electron chi connectivity index (χ0n) is 12.5. The van der Waals surface area contributed by atoms with Crippen molar-refractivity contribution in [3.8, 4) is 0 Å². The van der Waals surface area contributed by atoms with E-state index in [0.29, 0.717) is 13.1 Å². The molecule has 0 heterocycles. The average molecular weight is 302 g/mol. The molecule has 0 aromatic heterocycles. The monoisotopic (exact) mass is 301 g/mol. The highest BCUT2D eigenvalue weighted by atomic mass is 35.5. The number of Topliss-reactive ketones (excluding diaryl/α,β-unsaturated/α-hetero) is 1. The number of halogens is 1. The highest BCUT2D eigenvalue weighted by molar-refractivity contribution is 6.30. The van der Waals surface area contributed by atoms with Gasteiger partial charge in [0.05, 0.1) is 6.54 Å². The minimum atomic E-state index is 0.141. The zero-order valence-corrected chi connectivity index (χ0v) is 13.2. The Morgan fingerprint density at radius 1 is 1.10 bits per heavy atom. The van der Waals surface area contributed by atoms with E-state index in [0.717, 1.165) is 22.6 Å². The summed E-state index contributed by atoms with van der Waals surface area (Å²) in [6, 6.07) is 15.6. The van der Waals surface area contributed by atoms with Gasteiger partial charge in [0, 0.05) is 17.1 Å². The second-order valence-corrected chi connectivity index (χ2v) is 5.71. The third-order valence-corrected chi connectivity index (χ3v) is 3.67. The van der Waals surface area contributed by atoms with E-state index in [4.69, 9.17) is 11.6 Å². The number of carbonyl (C=O) groups is 1. The Kier molecular flexibility index (Phi) is 5.54. The molecule has 0 aliphatic carbocycles. The molecule has 0 saturated carbocycles. The molecule has 2 nitrogen and oxygen atoms in total. The first-order valence-electron chi connectivity index (χ1n) is 7.13. The van der Waals surface area contributed by atoms with Crippen LogP contribution in [0.3, 0.4) is 0 Å². The topological polar surface area (TPSA) is 20.3 Å². The van der Waals surface area contributed by atoms with Crippen LogP contribution in [0.15, 0.2) is 48.5 Å². The summed E-state index contributed by atoms with van der Waals surface area (Å²) in [5.41, 5.74) is 3.13. The van der Waals surface area contributed by atoms with Gasteiger partial charge in [-0.15, -0.1) is 0 Å². The van der Waals surface area contributed by atoms with Gasteiger partial charge >= 0.3 is 0 Å². The van der Waals surface area contributed by atoms with Gasteiger partial charge in [0.1, 0.15) is 0 Å². The van der Waals surface area contributed by atoms with Gasteiger partial charge in [-0.05, 0) is 36.7 Å². The minimum Gasteiger partial charge on any atom is -0.295 e. The van der Waals surface area contributed by atoms with Crippen LogP contribution in [0.4, 0.5) is 0 Å². The first-order chi connectivity index (χ1) is 10.1. The summed E-state index contributed by atoms with van der Waals surface area (Å²) in [5.74, 6) is 0.141. The van der Waals surface area contributed by atoms with Gasteiger partial charge in [0.25, 0.3) is 0 Å². The van der Waals surface area contributed by atoms with Crippen molar-refractivity contribution in [3.05, 3.63) is 70.2 Å². The maximum absolute atomic E-state index is 12.2. The Morgan fingerprint density at radius 3 is 2.43 bits per heavy atom. The summed E-state index contributed by atoms with van der Waals surface area (Å²) in [6.07, 6.45) is 0.989. The first-order valence-corrected chi connectivity index (χ1v) is 7.51. The van der Waals surface area contributed by atoms with Gasteiger partial charge in [-0.25, -0.2) is 0 Å². The van der Waals surface area contributed by atoms with Crippen LogP contribution < -0.4 is 0 Å². The van der Waals surface area contributed by atoms with Crippen LogP contribution in [-0.4, -0.2) is 24.3 Å². The normalized spacial score (nSPS) is 10.9.